The Morgan fingerprint density at radius 3 is 2.63 bits per heavy atom. The Kier molecular flexibility index (Phi) is 5.22. The van der Waals surface area contributed by atoms with Gasteiger partial charge in [0.1, 0.15) is 0 Å². The number of nitrogens with zero attached hydrogens (tertiary/aromatic N) is 1. The zero-order chi connectivity index (χ0) is 13.2. The molecular weight excluding hydrogens is 351 g/mol. The Labute approximate surface area is 130 Å². The van der Waals surface area contributed by atoms with E-state index < -0.39 is 0 Å². The van der Waals surface area contributed by atoms with Gasteiger partial charge in [-0.2, -0.15) is 0 Å². The molecule has 1 aromatic heterocycles. The second-order valence-corrected chi connectivity index (χ2v) is 5.46. The summed E-state index contributed by atoms with van der Waals surface area (Å²) in [6, 6.07) is 10.3. The van der Waals surface area contributed by atoms with Crippen LogP contribution in [0.15, 0.2) is 35.3 Å². The third-order valence-corrected chi connectivity index (χ3v) is 2.51. The van der Waals surface area contributed by atoms with E-state index >= 15 is 0 Å². The third kappa shape index (κ3) is 4.74. The number of aromatic nitrogens is 1. The monoisotopic (exact) mass is 372 g/mol. The maximum atomic E-state index is 5.83. The minimum atomic E-state index is -0.0615. The Morgan fingerprint density at radius 2 is 2.00 bits per heavy atom. The zero-order valence-corrected chi connectivity index (χ0v) is 13.9. The molecule has 0 radical (unpaired) electrons. The van der Waals surface area contributed by atoms with Crippen molar-refractivity contribution in [1.29, 1.82) is 0 Å². The first kappa shape index (κ1) is 15.8. The molecule has 1 aromatic carbocycles. The maximum Gasteiger partial charge on any atom is 0.189 e. The molecule has 0 spiro atoms. The molecule has 0 aliphatic carbocycles. The van der Waals surface area contributed by atoms with Gasteiger partial charge in [-0.3, -0.25) is 0 Å². The number of fused-ring (bicyclic) bond motifs is 1. The number of hydrogen-bond acceptors (Lipinski definition) is 1. The van der Waals surface area contributed by atoms with Crippen LogP contribution in [0.5, 0.6) is 0 Å². The summed E-state index contributed by atoms with van der Waals surface area (Å²) in [7, 11) is 0. The molecule has 0 fully saturated rings. The summed E-state index contributed by atoms with van der Waals surface area (Å²) in [4.78, 5) is 7.65. The van der Waals surface area contributed by atoms with Crippen molar-refractivity contribution >= 4 is 40.8 Å². The number of H-pyrrole nitrogens is 1. The van der Waals surface area contributed by atoms with Crippen molar-refractivity contribution in [2.24, 2.45) is 10.7 Å². The molecule has 0 amide bonds. The van der Waals surface area contributed by atoms with Gasteiger partial charge in [0.05, 0.1) is 6.54 Å². The van der Waals surface area contributed by atoms with Crippen LogP contribution in [0.4, 0.5) is 0 Å². The van der Waals surface area contributed by atoms with Gasteiger partial charge >= 0.3 is 0 Å². The average molecular weight is 372 g/mol. The van der Waals surface area contributed by atoms with Crippen molar-refractivity contribution < 1.29 is 0 Å². The molecule has 0 unspecified atom stereocenters. The Bertz CT molecular complexity index is 533. The molecule has 0 aliphatic heterocycles. The van der Waals surface area contributed by atoms with E-state index in [9.17, 15) is 0 Å². The summed E-state index contributed by atoms with van der Waals surface area (Å²) in [6.07, 6.45) is 0. The number of aromatic amines is 1. The van der Waals surface area contributed by atoms with Crippen LogP contribution in [0.3, 0.4) is 0 Å². The smallest absolute Gasteiger partial charge is 0.189 e. The molecule has 0 saturated heterocycles. The lowest BCUT2D eigenvalue weighted by Crippen LogP contribution is -2.44. The number of halogens is 1. The van der Waals surface area contributed by atoms with Crippen LogP contribution < -0.4 is 11.1 Å². The number of rotatable bonds is 2. The molecule has 2 aromatic rings. The number of guanidine groups is 1. The van der Waals surface area contributed by atoms with Gasteiger partial charge in [-0.25, -0.2) is 4.99 Å². The van der Waals surface area contributed by atoms with E-state index in [0.29, 0.717) is 12.5 Å². The first-order chi connectivity index (χ1) is 8.44. The molecule has 0 aliphatic rings. The largest absolute Gasteiger partial charge is 0.370 e. The quantitative estimate of drug-likeness (QED) is 0.431. The fourth-order valence-electron chi connectivity index (χ4n) is 1.81. The highest BCUT2D eigenvalue weighted by Gasteiger charge is 2.09. The van der Waals surface area contributed by atoms with E-state index in [0.717, 1.165) is 11.2 Å². The van der Waals surface area contributed by atoms with Gasteiger partial charge in [0.15, 0.2) is 5.96 Å². The normalized spacial score (nSPS) is 12.3. The van der Waals surface area contributed by atoms with Crippen LogP contribution in [0.1, 0.15) is 26.5 Å². The molecular formula is C14H21IN4. The summed E-state index contributed by atoms with van der Waals surface area (Å²) in [5.74, 6) is 0.473. The SMILES string of the molecule is CC(C)(C)NC(N)=NCc1cc2ccccc2[nH]1.I. The van der Waals surface area contributed by atoms with Crippen LogP contribution in [-0.4, -0.2) is 16.5 Å². The van der Waals surface area contributed by atoms with Crippen molar-refractivity contribution in [2.75, 3.05) is 0 Å². The van der Waals surface area contributed by atoms with Gasteiger partial charge < -0.3 is 16.0 Å². The lowest BCUT2D eigenvalue weighted by molar-refractivity contribution is 0.508. The molecule has 104 valence electrons. The highest BCUT2D eigenvalue weighted by molar-refractivity contribution is 14.0. The molecule has 1 heterocycles. The lowest BCUT2D eigenvalue weighted by atomic mass is 10.1. The summed E-state index contributed by atoms with van der Waals surface area (Å²) in [6.45, 7) is 6.72. The first-order valence-corrected chi connectivity index (χ1v) is 6.09. The molecule has 4 N–H and O–H groups in total. The van der Waals surface area contributed by atoms with Gasteiger partial charge in [0.25, 0.3) is 0 Å². The summed E-state index contributed by atoms with van der Waals surface area (Å²) < 4.78 is 0. The van der Waals surface area contributed by atoms with Crippen LogP contribution in [0.2, 0.25) is 0 Å². The van der Waals surface area contributed by atoms with E-state index in [-0.39, 0.29) is 29.5 Å². The summed E-state index contributed by atoms with van der Waals surface area (Å²) in [5, 5.41) is 4.34. The summed E-state index contributed by atoms with van der Waals surface area (Å²) in [5.41, 5.74) is 7.96. The zero-order valence-electron chi connectivity index (χ0n) is 11.5. The van der Waals surface area contributed by atoms with Gasteiger partial charge in [0, 0.05) is 16.7 Å². The van der Waals surface area contributed by atoms with Crippen LogP contribution >= 0.6 is 24.0 Å². The number of nitrogens with one attached hydrogen (secondary N) is 2. The molecule has 4 nitrogen and oxygen atoms in total. The number of aliphatic imine (C=N–C) groups is 1. The number of benzene rings is 1. The van der Waals surface area contributed by atoms with Crippen molar-refractivity contribution in [3.05, 3.63) is 36.0 Å². The van der Waals surface area contributed by atoms with Gasteiger partial charge in [-0.1, -0.05) is 18.2 Å². The Balaban J connectivity index is 0.00000180. The third-order valence-electron chi connectivity index (χ3n) is 2.51. The molecule has 5 heteroatoms. The number of hydrogen-bond donors (Lipinski definition) is 3. The lowest BCUT2D eigenvalue weighted by Gasteiger charge is -2.20. The van der Waals surface area contributed by atoms with Gasteiger partial charge in [0.2, 0.25) is 0 Å². The fraction of sp³-hybridized carbons (Fsp3) is 0.357. The minimum Gasteiger partial charge on any atom is -0.370 e. The average Bonchev–Trinajstić information content (AvgIpc) is 2.66. The molecule has 0 saturated carbocycles. The van der Waals surface area contributed by atoms with Crippen LogP contribution in [-0.2, 0) is 6.54 Å². The Hall–Kier alpha value is -1.24. The topological polar surface area (TPSA) is 66.2 Å². The van der Waals surface area contributed by atoms with Crippen molar-refractivity contribution in [3.63, 3.8) is 0 Å². The standard InChI is InChI=1S/C14H20N4.HI/c1-14(2,3)18-13(15)16-9-11-8-10-6-4-5-7-12(10)17-11;/h4-8,17H,9H2,1-3H3,(H3,15,16,18);1H. The highest BCUT2D eigenvalue weighted by atomic mass is 127. The highest BCUT2D eigenvalue weighted by Crippen LogP contribution is 2.14. The van der Waals surface area contributed by atoms with Gasteiger partial charge in [-0.15, -0.1) is 24.0 Å². The Morgan fingerprint density at radius 1 is 1.32 bits per heavy atom. The molecule has 0 bridgehead atoms. The van der Waals surface area contributed by atoms with E-state index in [2.05, 4.69) is 54.3 Å². The molecule has 0 atom stereocenters. The van der Waals surface area contributed by atoms with Crippen molar-refractivity contribution in [3.8, 4) is 0 Å². The van der Waals surface area contributed by atoms with Crippen LogP contribution in [0.25, 0.3) is 10.9 Å². The number of para-hydroxylation sites is 1. The minimum absolute atomic E-state index is 0. The van der Waals surface area contributed by atoms with Crippen molar-refractivity contribution in [1.82, 2.24) is 10.3 Å². The predicted molar refractivity (Wildman–Crippen MR) is 91.9 cm³/mol. The summed E-state index contributed by atoms with van der Waals surface area (Å²) >= 11 is 0. The maximum absolute atomic E-state index is 5.83. The van der Waals surface area contributed by atoms with E-state index in [1.165, 1.54) is 5.39 Å². The predicted octanol–water partition coefficient (Wildman–Crippen LogP) is 2.99. The van der Waals surface area contributed by atoms with Gasteiger partial charge in [-0.05, 0) is 38.3 Å². The second kappa shape index (κ2) is 6.27. The van der Waals surface area contributed by atoms with Crippen LogP contribution in [0, 0.1) is 0 Å². The van der Waals surface area contributed by atoms with E-state index in [1.54, 1.807) is 0 Å². The van der Waals surface area contributed by atoms with E-state index in [1.807, 2.05) is 12.1 Å². The number of nitrogens with two attached hydrogens (primary N) is 1. The first-order valence-electron chi connectivity index (χ1n) is 6.09. The van der Waals surface area contributed by atoms with E-state index in [4.69, 9.17) is 5.73 Å². The molecule has 19 heavy (non-hydrogen) atoms. The van der Waals surface area contributed by atoms with Crippen molar-refractivity contribution in [2.45, 2.75) is 32.9 Å². The second-order valence-electron chi connectivity index (χ2n) is 5.46. The fourth-order valence-corrected chi connectivity index (χ4v) is 1.81. The molecule has 2 rings (SSSR count).